The van der Waals surface area contributed by atoms with E-state index in [1.54, 1.807) is 18.3 Å². The molecule has 1 N–H and O–H groups in total. The van der Waals surface area contributed by atoms with Crippen molar-refractivity contribution < 1.29 is 9.53 Å². The molecule has 24 heavy (non-hydrogen) atoms. The third kappa shape index (κ3) is 2.89. The molecule has 1 amide bonds. The molecular formula is C19H21ClN2O2. The Kier molecular flexibility index (Phi) is 4.19. The predicted octanol–water partition coefficient (Wildman–Crippen LogP) is 4.11. The van der Waals surface area contributed by atoms with Crippen LogP contribution in [0.2, 0.25) is 5.02 Å². The molecule has 0 bridgehead atoms. The van der Waals surface area contributed by atoms with Gasteiger partial charge in [0.25, 0.3) is 5.91 Å². The number of carbonyl (C=O) groups excluding carboxylic acids is 1. The summed E-state index contributed by atoms with van der Waals surface area (Å²) in [5.74, 6) is -0.0737. The van der Waals surface area contributed by atoms with Crippen molar-refractivity contribution in [1.29, 1.82) is 0 Å². The molecule has 4 nitrogen and oxygen atoms in total. The maximum absolute atomic E-state index is 12.8. The second-order valence-electron chi connectivity index (χ2n) is 6.90. The summed E-state index contributed by atoms with van der Waals surface area (Å²) in [7, 11) is 0. The van der Waals surface area contributed by atoms with Crippen LogP contribution in [0.15, 0.2) is 30.5 Å². The van der Waals surface area contributed by atoms with E-state index in [-0.39, 0.29) is 17.6 Å². The lowest BCUT2D eigenvalue weighted by molar-refractivity contribution is -0.0823. The number of hydrogen-bond acceptors (Lipinski definition) is 3. The molecule has 2 aliphatic rings. The van der Waals surface area contributed by atoms with Crippen molar-refractivity contribution in [3.63, 3.8) is 0 Å². The van der Waals surface area contributed by atoms with Crippen LogP contribution >= 0.6 is 11.6 Å². The van der Waals surface area contributed by atoms with Crippen LogP contribution in [0.1, 0.15) is 48.9 Å². The first-order valence-electron chi connectivity index (χ1n) is 8.65. The second kappa shape index (κ2) is 6.34. The Morgan fingerprint density at radius 3 is 2.96 bits per heavy atom. The monoisotopic (exact) mass is 344 g/mol. The van der Waals surface area contributed by atoms with Gasteiger partial charge in [-0.2, -0.15) is 0 Å². The average molecular weight is 345 g/mol. The van der Waals surface area contributed by atoms with Gasteiger partial charge in [0.1, 0.15) is 0 Å². The Labute approximate surface area is 146 Å². The van der Waals surface area contributed by atoms with Crippen LogP contribution in [0.3, 0.4) is 0 Å². The number of pyridine rings is 1. The molecule has 1 saturated carbocycles. The highest BCUT2D eigenvalue weighted by Crippen LogP contribution is 2.40. The zero-order chi connectivity index (χ0) is 16.6. The van der Waals surface area contributed by atoms with Crippen molar-refractivity contribution in [2.75, 3.05) is 6.61 Å². The molecule has 4 rings (SSSR count). The number of amides is 1. The molecule has 1 aromatic carbocycles. The first kappa shape index (κ1) is 15.9. The minimum Gasteiger partial charge on any atom is -0.375 e. The molecule has 5 heteroatoms. The van der Waals surface area contributed by atoms with Gasteiger partial charge in [0.05, 0.1) is 21.7 Å². The molecule has 1 aliphatic carbocycles. The Morgan fingerprint density at radius 1 is 1.29 bits per heavy atom. The van der Waals surface area contributed by atoms with Gasteiger partial charge in [-0.1, -0.05) is 24.4 Å². The molecule has 1 spiro atoms. The zero-order valence-corrected chi connectivity index (χ0v) is 14.3. The van der Waals surface area contributed by atoms with Crippen molar-refractivity contribution in [2.45, 2.75) is 50.2 Å². The van der Waals surface area contributed by atoms with Crippen molar-refractivity contribution in [2.24, 2.45) is 0 Å². The molecule has 1 saturated heterocycles. The number of benzene rings is 1. The molecule has 2 fully saturated rings. The predicted molar refractivity (Wildman–Crippen MR) is 94.4 cm³/mol. The fraction of sp³-hybridized carbons (Fsp3) is 0.474. The molecule has 1 aliphatic heterocycles. The standard InChI is InChI=1S/C19H21ClN2O2/c20-16-6-5-15(17-14(16)4-3-10-21-17)18(23)22-13-7-11-24-19(12-13)8-1-2-9-19/h3-6,10,13H,1-2,7-9,11-12H2,(H,22,23)/t13-/m0/s1. The van der Waals surface area contributed by atoms with Gasteiger partial charge in [0, 0.05) is 24.2 Å². The lowest BCUT2D eigenvalue weighted by Crippen LogP contribution is -2.47. The van der Waals surface area contributed by atoms with Crippen LogP contribution in [0.4, 0.5) is 0 Å². The minimum atomic E-state index is -0.0737. The van der Waals surface area contributed by atoms with E-state index < -0.39 is 0 Å². The minimum absolute atomic E-state index is 0.00346. The van der Waals surface area contributed by atoms with Crippen LogP contribution in [0.25, 0.3) is 10.9 Å². The summed E-state index contributed by atoms with van der Waals surface area (Å²) in [5.41, 5.74) is 1.24. The molecule has 126 valence electrons. The molecule has 1 aromatic heterocycles. The van der Waals surface area contributed by atoms with E-state index in [1.165, 1.54) is 12.8 Å². The Hall–Kier alpha value is -1.65. The van der Waals surface area contributed by atoms with Crippen LogP contribution < -0.4 is 5.32 Å². The van der Waals surface area contributed by atoms with E-state index in [0.717, 1.165) is 37.7 Å². The van der Waals surface area contributed by atoms with E-state index in [1.807, 2.05) is 12.1 Å². The van der Waals surface area contributed by atoms with E-state index >= 15 is 0 Å². The third-order valence-corrected chi connectivity index (χ3v) is 5.63. The Bertz CT molecular complexity index is 771. The van der Waals surface area contributed by atoms with Crippen molar-refractivity contribution in [3.05, 3.63) is 41.0 Å². The first-order valence-corrected chi connectivity index (χ1v) is 9.03. The van der Waals surface area contributed by atoms with Gasteiger partial charge < -0.3 is 10.1 Å². The number of halogens is 1. The smallest absolute Gasteiger partial charge is 0.253 e. The highest BCUT2D eigenvalue weighted by atomic mass is 35.5. The normalized spacial score (nSPS) is 22.8. The lowest BCUT2D eigenvalue weighted by Gasteiger charge is -2.38. The van der Waals surface area contributed by atoms with E-state index in [4.69, 9.17) is 16.3 Å². The summed E-state index contributed by atoms with van der Waals surface area (Å²) in [5, 5.41) is 4.62. The quantitative estimate of drug-likeness (QED) is 0.892. The number of aromatic nitrogens is 1. The summed E-state index contributed by atoms with van der Waals surface area (Å²) in [6, 6.07) is 7.42. The number of fused-ring (bicyclic) bond motifs is 1. The number of nitrogens with zero attached hydrogens (tertiary/aromatic N) is 1. The second-order valence-corrected chi connectivity index (χ2v) is 7.30. The molecule has 2 heterocycles. The van der Waals surface area contributed by atoms with Gasteiger partial charge >= 0.3 is 0 Å². The molecule has 1 atom stereocenters. The van der Waals surface area contributed by atoms with Crippen LogP contribution in [0.5, 0.6) is 0 Å². The van der Waals surface area contributed by atoms with Gasteiger partial charge in [0.15, 0.2) is 0 Å². The molecule has 0 radical (unpaired) electrons. The summed E-state index contributed by atoms with van der Waals surface area (Å²) < 4.78 is 6.05. The average Bonchev–Trinajstić information content (AvgIpc) is 3.03. The zero-order valence-electron chi connectivity index (χ0n) is 13.6. The fourth-order valence-corrected chi connectivity index (χ4v) is 4.32. The molecule has 0 unspecified atom stereocenters. The van der Waals surface area contributed by atoms with Crippen LogP contribution in [-0.4, -0.2) is 29.1 Å². The topological polar surface area (TPSA) is 51.2 Å². The van der Waals surface area contributed by atoms with Gasteiger partial charge in [-0.15, -0.1) is 0 Å². The van der Waals surface area contributed by atoms with Crippen LogP contribution in [-0.2, 0) is 4.74 Å². The summed E-state index contributed by atoms with van der Waals surface area (Å²) in [4.78, 5) is 17.2. The lowest BCUT2D eigenvalue weighted by atomic mass is 9.89. The number of ether oxygens (including phenoxy) is 1. The van der Waals surface area contributed by atoms with Crippen molar-refractivity contribution in [1.82, 2.24) is 10.3 Å². The summed E-state index contributed by atoms with van der Waals surface area (Å²) in [6.45, 7) is 0.727. The Morgan fingerprint density at radius 2 is 2.12 bits per heavy atom. The fourth-order valence-electron chi connectivity index (χ4n) is 4.10. The highest BCUT2D eigenvalue weighted by Gasteiger charge is 2.40. The highest BCUT2D eigenvalue weighted by molar-refractivity contribution is 6.36. The van der Waals surface area contributed by atoms with Gasteiger partial charge in [-0.05, 0) is 49.9 Å². The van der Waals surface area contributed by atoms with Crippen molar-refractivity contribution in [3.8, 4) is 0 Å². The van der Waals surface area contributed by atoms with E-state index in [0.29, 0.717) is 16.1 Å². The molecule has 2 aromatic rings. The number of hydrogen-bond donors (Lipinski definition) is 1. The largest absolute Gasteiger partial charge is 0.375 e. The van der Waals surface area contributed by atoms with Gasteiger partial charge in [-0.3, -0.25) is 9.78 Å². The SMILES string of the molecule is O=C(N[C@H]1CCOC2(CCCC2)C1)c1ccc(Cl)c2cccnc12. The summed E-state index contributed by atoms with van der Waals surface area (Å²) >= 11 is 6.22. The molecular weight excluding hydrogens is 324 g/mol. The van der Waals surface area contributed by atoms with E-state index in [2.05, 4.69) is 10.3 Å². The first-order chi connectivity index (χ1) is 11.7. The maximum atomic E-state index is 12.8. The van der Waals surface area contributed by atoms with Crippen LogP contribution in [0, 0.1) is 0 Å². The number of carbonyl (C=O) groups is 1. The van der Waals surface area contributed by atoms with E-state index in [9.17, 15) is 4.79 Å². The van der Waals surface area contributed by atoms with Gasteiger partial charge in [-0.25, -0.2) is 0 Å². The maximum Gasteiger partial charge on any atom is 0.253 e. The number of nitrogens with one attached hydrogen (secondary N) is 1. The number of rotatable bonds is 2. The van der Waals surface area contributed by atoms with Crippen molar-refractivity contribution >= 4 is 28.4 Å². The van der Waals surface area contributed by atoms with Gasteiger partial charge in [0.2, 0.25) is 0 Å². The summed E-state index contributed by atoms with van der Waals surface area (Å²) in [6.07, 6.45) is 8.16. The third-order valence-electron chi connectivity index (χ3n) is 5.30. The Balaban J connectivity index is 1.55.